The van der Waals surface area contributed by atoms with Crippen LogP contribution < -0.4 is 0 Å². The zero-order valence-electron chi connectivity index (χ0n) is 13.6. The van der Waals surface area contributed by atoms with E-state index < -0.39 is 0 Å². The molecule has 3 heteroatoms. The van der Waals surface area contributed by atoms with Crippen LogP contribution in [0.5, 0.6) is 0 Å². The van der Waals surface area contributed by atoms with Crippen molar-refractivity contribution < 1.29 is 31.9 Å². The zero-order chi connectivity index (χ0) is 17.1. The molecule has 0 spiro atoms. The molecule has 122 valence electrons. The van der Waals surface area contributed by atoms with E-state index in [1.54, 1.807) is 0 Å². The fourth-order valence-electron chi connectivity index (χ4n) is 0.956. The molecule has 0 unspecified atom stereocenters. The van der Waals surface area contributed by atoms with E-state index in [4.69, 9.17) is 10.2 Å². The number of aliphatic hydroxyl groups is 2. The summed E-state index contributed by atoms with van der Waals surface area (Å²) >= 11 is 0. The van der Waals surface area contributed by atoms with Gasteiger partial charge in [0.2, 0.25) is 0 Å². The van der Waals surface area contributed by atoms with Crippen molar-refractivity contribution in [3.05, 3.63) is 111 Å². The van der Waals surface area contributed by atoms with Crippen LogP contribution in [0.15, 0.2) is 86.0 Å². The van der Waals surface area contributed by atoms with Gasteiger partial charge >= 0.3 is 21.7 Å². The van der Waals surface area contributed by atoms with E-state index in [1.807, 2.05) is 60.7 Å². The average Bonchev–Trinajstić information content (AvgIpc) is 2.57. The second-order valence-corrected chi connectivity index (χ2v) is 3.91. The fraction of sp³-hybridized carbons (Fsp3) is 0.100. The van der Waals surface area contributed by atoms with E-state index in [-0.39, 0.29) is 34.9 Å². The Hall–Kier alpha value is -1.71. The van der Waals surface area contributed by atoms with Gasteiger partial charge in [-0.15, -0.1) is 37.4 Å². The second kappa shape index (κ2) is 22.6. The van der Waals surface area contributed by atoms with Crippen LogP contribution in [-0.2, 0) is 21.7 Å². The van der Waals surface area contributed by atoms with Crippen molar-refractivity contribution in [2.24, 2.45) is 0 Å². The summed E-state index contributed by atoms with van der Waals surface area (Å²) in [6.07, 6.45) is 2.86. The molecule has 2 nitrogen and oxygen atoms in total. The summed E-state index contributed by atoms with van der Waals surface area (Å²) in [5.41, 5.74) is 2.14. The van der Waals surface area contributed by atoms with Gasteiger partial charge in [0.15, 0.2) is 0 Å². The van der Waals surface area contributed by atoms with Gasteiger partial charge in [0, 0.05) is 0 Å². The Morgan fingerprint density at radius 3 is 1.00 bits per heavy atom. The van der Waals surface area contributed by atoms with Crippen LogP contribution in [0.1, 0.15) is 11.1 Å². The van der Waals surface area contributed by atoms with Crippen LogP contribution in [0.25, 0.3) is 0 Å². The van der Waals surface area contributed by atoms with Gasteiger partial charge in [-0.2, -0.15) is 49.2 Å². The summed E-state index contributed by atoms with van der Waals surface area (Å²) in [5, 5.41) is 15.5. The number of hydrogen-bond donors (Lipinski definition) is 2. The summed E-state index contributed by atoms with van der Waals surface area (Å²) in [7, 11) is 0. The predicted molar refractivity (Wildman–Crippen MR) is 96.4 cm³/mol. The molecule has 0 aliphatic carbocycles. The van der Waals surface area contributed by atoms with Gasteiger partial charge in [0.1, 0.15) is 0 Å². The Balaban J connectivity index is -0.000000238. The van der Waals surface area contributed by atoms with Crippen molar-refractivity contribution in [2.45, 2.75) is 0 Å². The maximum Gasteiger partial charge on any atom is 2.00 e. The Morgan fingerprint density at radius 1 is 0.696 bits per heavy atom. The van der Waals surface area contributed by atoms with Crippen molar-refractivity contribution in [3.63, 3.8) is 0 Å². The van der Waals surface area contributed by atoms with Gasteiger partial charge in [0.05, 0.1) is 13.2 Å². The molecule has 0 fully saturated rings. The minimum Gasteiger partial charge on any atom is -0.392 e. The molecule has 0 radical (unpaired) electrons. The first-order chi connectivity index (χ1) is 10.6. The molecule has 0 saturated heterocycles. The maximum atomic E-state index is 7.76. The molecule has 0 aliphatic heterocycles. The normalized spacial score (nSPS) is 7.39. The van der Waals surface area contributed by atoms with Gasteiger partial charge in [-0.25, -0.2) is 0 Å². The number of benzene rings is 2. The van der Waals surface area contributed by atoms with E-state index in [0.717, 1.165) is 11.1 Å². The minimum atomic E-state index is 0. The van der Waals surface area contributed by atoms with Gasteiger partial charge in [0.25, 0.3) is 0 Å². The minimum absolute atomic E-state index is 0. The van der Waals surface area contributed by atoms with Crippen LogP contribution in [0.2, 0.25) is 0 Å². The van der Waals surface area contributed by atoms with Crippen LogP contribution in [0.3, 0.4) is 0 Å². The average molecular weight is 346 g/mol. The topological polar surface area (TPSA) is 40.5 Å². The Morgan fingerprint density at radius 2 is 0.913 bits per heavy atom. The van der Waals surface area contributed by atoms with Crippen LogP contribution in [0, 0.1) is 13.8 Å². The van der Waals surface area contributed by atoms with Gasteiger partial charge in [-0.05, 0) is 0 Å². The molecule has 2 N–H and O–H groups in total. The van der Waals surface area contributed by atoms with Crippen molar-refractivity contribution in [3.8, 4) is 0 Å². The quantitative estimate of drug-likeness (QED) is 0.489. The zero-order valence-corrected chi connectivity index (χ0v) is 15.1. The molecule has 0 aliphatic rings. The molecule has 0 bridgehead atoms. The molecule has 2 aromatic carbocycles. The van der Waals surface area contributed by atoms with Crippen molar-refractivity contribution in [1.82, 2.24) is 0 Å². The first kappa shape index (κ1) is 26.2. The smallest absolute Gasteiger partial charge is 0.392 e. The Bertz CT molecular complexity index is 410. The third kappa shape index (κ3) is 25.6. The SMILES string of the molecule is C=CCO.C=CCO.[CH2-]c1ccccc1.[CH2-]c1ccccc1.[Ti+2]. The van der Waals surface area contributed by atoms with Crippen LogP contribution in [-0.4, -0.2) is 23.4 Å². The summed E-state index contributed by atoms with van der Waals surface area (Å²) in [6.45, 7) is 14.1. The standard InChI is InChI=1S/2C7H7.2C3H6O.Ti/c2*1-7-5-3-2-4-6-7;2*1-2-3-4;/h2*2-6H,1H2;2*2,4H,1,3H2;/q2*-1;;;+2. The van der Waals surface area contributed by atoms with Crippen LogP contribution >= 0.6 is 0 Å². The first-order valence-electron chi connectivity index (χ1n) is 6.79. The molecule has 2 rings (SSSR count). The summed E-state index contributed by atoms with van der Waals surface area (Å²) in [4.78, 5) is 0. The predicted octanol–water partition coefficient (Wildman–Crippen LogP) is 4.06. The third-order valence-corrected chi connectivity index (χ3v) is 1.94. The van der Waals surface area contributed by atoms with Crippen LogP contribution in [0.4, 0.5) is 0 Å². The summed E-state index contributed by atoms with van der Waals surface area (Å²) in [6, 6.07) is 19.7. The number of rotatable bonds is 2. The second-order valence-electron chi connectivity index (χ2n) is 3.91. The first-order valence-corrected chi connectivity index (χ1v) is 6.79. The molecule has 0 saturated carbocycles. The van der Waals surface area contributed by atoms with E-state index >= 15 is 0 Å². The fourth-order valence-corrected chi connectivity index (χ4v) is 0.956. The summed E-state index contributed by atoms with van der Waals surface area (Å²) < 4.78 is 0. The van der Waals surface area contributed by atoms with E-state index in [1.165, 1.54) is 12.2 Å². The van der Waals surface area contributed by atoms with E-state index in [0.29, 0.717) is 0 Å². The molecule has 0 atom stereocenters. The van der Waals surface area contributed by atoms with Gasteiger partial charge in [-0.1, -0.05) is 24.3 Å². The molecule has 2 aromatic rings. The van der Waals surface area contributed by atoms with Crippen molar-refractivity contribution >= 4 is 0 Å². The third-order valence-electron chi connectivity index (χ3n) is 1.94. The molecule has 0 amide bonds. The van der Waals surface area contributed by atoms with E-state index in [2.05, 4.69) is 27.0 Å². The molecular formula is C20H26O2Ti. The Labute approximate surface area is 156 Å². The van der Waals surface area contributed by atoms with Gasteiger partial charge < -0.3 is 10.2 Å². The van der Waals surface area contributed by atoms with Crippen molar-refractivity contribution in [2.75, 3.05) is 13.2 Å². The molecule has 23 heavy (non-hydrogen) atoms. The monoisotopic (exact) mass is 346 g/mol. The number of hydrogen-bond acceptors (Lipinski definition) is 2. The maximum absolute atomic E-state index is 7.76. The number of aliphatic hydroxyl groups excluding tert-OH is 2. The summed E-state index contributed by atoms with van der Waals surface area (Å²) in [5.74, 6) is 0. The van der Waals surface area contributed by atoms with Crippen molar-refractivity contribution in [1.29, 1.82) is 0 Å². The van der Waals surface area contributed by atoms with Gasteiger partial charge in [-0.3, -0.25) is 0 Å². The largest absolute Gasteiger partial charge is 2.00 e. The molecule has 0 aromatic heterocycles. The Kier molecular flexibility index (Phi) is 25.7. The molecule has 0 heterocycles. The van der Waals surface area contributed by atoms with E-state index in [9.17, 15) is 0 Å². The molecular weight excluding hydrogens is 320 g/mol.